The summed E-state index contributed by atoms with van der Waals surface area (Å²) in [4.78, 5) is 24.8. The molecule has 6 nitrogen and oxygen atoms in total. The number of nitrogens with one attached hydrogen (secondary N) is 2. The average Bonchev–Trinajstić information content (AvgIpc) is 3.06. The van der Waals surface area contributed by atoms with Crippen LogP contribution in [0.5, 0.6) is 11.5 Å². The van der Waals surface area contributed by atoms with Gasteiger partial charge in [-0.1, -0.05) is 6.07 Å². The molecule has 4 aromatic rings. The summed E-state index contributed by atoms with van der Waals surface area (Å²) in [6.07, 6.45) is -0.0117. The molecule has 0 atom stereocenters. The van der Waals surface area contributed by atoms with Gasteiger partial charge < -0.3 is 14.7 Å². The standard InChI is InChI=1S/C18H11F3N4O2.ClH/c19-18(20,21)10-2-1-3-11(8-10)27-14-5-7-22-16-15(14)12(9-24-16)13-4-6-23-17(26)25-13;/h1-9H,(H,22,24)(H,23,25,26);1H. The Bertz CT molecular complexity index is 1190. The van der Waals surface area contributed by atoms with Gasteiger partial charge in [0.2, 0.25) is 0 Å². The van der Waals surface area contributed by atoms with Crippen molar-refractivity contribution in [2.24, 2.45) is 0 Å². The Morgan fingerprint density at radius 3 is 2.57 bits per heavy atom. The van der Waals surface area contributed by atoms with Crippen LogP contribution in [0.25, 0.3) is 22.3 Å². The van der Waals surface area contributed by atoms with Crippen molar-refractivity contribution in [2.75, 3.05) is 0 Å². The van der Waals surface area contributed by atoms with Crippen LogP contribution in [-0.2, 0) is 6.18 Å². The van der Waals surface area contributed by atoms with Gasteiger partial charge in [-0.3, -0.25) is 0 Å². The highest BCUT2D eigenvalue weighted by Gasteiger charge is 2.30. The summed E-state index contributed by atoms with van der Waals surface area (Å²) in [5.41, 5.74) is 0.194. The SMILES string of the molecule is Cl.O=c1nccc(-c2c[nH]c3nccc(Oc4cccc(C(F)(F)F)c4)c23)[nH]1. The molecule has 0 saturated carbocycles. The van der Waals surface area contributed by atoms with Gasteiger partial charge in [-0.2, -0.15) is 13.2 Å². The highest BCUT2D eigenvalue weighted by atomic mass is 35.5. The molecule has 3 heterocycles. The fourth-order valence-corrected chi connectivity index (χ4v) is 2.71. The Balaban J connectivity index is 0.00000225. The molecule has 0 radical (unpaired) electrons. The summed E-state index contributed by atoms with van der Waals surface area (Å²) in [6, 6.07) is 7.74. The van der Waals surface area contributed by atoms with E-state index in [0.717, 1.165) is 12.1 Å². The minimum Gasteiger partial charge on any atom is -0.457 e. The number of halogens is 4. The van der Waals surface area contributed by atoms with E-state index in [1.54, 1.807) is 18.3 Å². The van der Waals surface area contributed by atoms with Crippen LogP contribution < -0.4 is 10.4 Å². The maximum atomic E-state index is 12.9. The first-order chi connectivity index (χ1) is 12.9. The molecule has 0 bridgehead atoms. The van der Waals surface area contributed by atoms with Gasteiger partial charge in [-0.15, -0.1) is 12.4 Å². The van der Waals surface area contributed by atoms with Crippen LogP contribution >= 0.6 is 12.4 Å². The lowest BCUT2D eigenvalue weighted by molar-refractivity contribution is -0.137. The van der Waals surface area contributed by atoms with Gasteiger partial charge in [0.1, 0.15) is 17.1 Å². The molecule has 0 spiro atoms. The monoisotopic (exact) mass is 408 g/mol. The van der Waals surface area contributed by atoms with E-state index >= 15 is 0 Å². The number of benzene rings is 1. The van der Waals surface area contributed by atoms with E-state index in [-0.39, 0.29) is 18.2 Å². The molecule has 0 unspecified atom stereocenters. The van der Waals surface area contributed by atoms with Crippen molar-refractivity contribution in [3.05, 3.63) is 71.0 Å². The van der Waals surface area contributed by atoms with Crippen LogP contribution in [0.15, 0.2) is 59.8 Å². The Hall–Kier alpha value is -3.33. The number of nitrogens with zero attached hydrogens (tertiary/aromatic N) is 2. The highest BCUT2D eigenvalue weighted by molar-refractivity contribution is 5.97. The molecular formula is C18H12ClF3N4O2. The van der Waals surface area contributed by atoms with E-state index in [2.05, 4.69) is 19.9 Å². The third-order valence-electron chi connectivity index (χ3n) is 3.89. The van der Waals surface area contributed by atoms with Crippen molar-refractivity contribution in [3.63, 3.8) is 0 Å². The first-order valence-electron chi connectivity index (χ1n) is 7.79. The topological polar surface area (TPSA) is 83.7 Å². The lowest BCUT2D eigenvalue weighted by Crippen LogP contribution is -2.09. The summed E-state index contributed by atoms with van der Waals surface area (Å²) in [5.74, 6) is 0.334. The predicted molar refractivity (Wildman–Crippen MR) is 98.7 cm³/mol. The maximum Gasteiger partial charge on any atom is 0.416 e. The van der Waals surface area contributed by atoms with Gasteiger partial charge >= 0.3 is 11.9 Å². The van der Waals surface area contributed by atoms with Gasteiger partial charge in [0.05, 0.1) is 16.6 Å². The fraction of sp³-hybridized carbons (Fsp3) is 0.0556. The molecular weight excluding hydrogens is 397 g/mol. The molecule has 1 aromatic carbocycles. The van der Waals surface area contributed by atoms with Gasteiger partial charge in [-0.25, -0.2) is 14.8 Å². The third-order valence-corrected chi connectivity index (χ3v) is 3.89. The van der Waals surface area contributed by atoms with Crippen LogP contribution in [0.3, 0.4) is 0 Å². The second-order valence-corrected chi connectivity index (χ2v) is 5.65. The van der Waals surface area contributed by atoms with Crippen molar-refractivity contribution in [1.82, 2.24) is 19.9 Å². The van der Waals surface area contributed by atoms with E-state index in [1.165, 1.54) is 24.5 Å². The van der Waals surface area contributed by atoms with Crippen molar-refractivity contribution < 1.29 is 17.9 Å². The largest absolute Gasteiger partial charge is 0.457 e. The zero-order valence-electron chi connectivity index (χ0n) is 13.9. The Morgan fingerprint density at radius 2 is 1.82 bits per heavy atom. The van der Waals surface area contributed by atoms with Gasteiger partial charge in [0.15, 0.2) is 0 Å². The number of aromatic nitrogens is 4. The van der Waals surface area contributed by atoms with E-state index in [0.29, 0.717) is 28.0 Å². The molecule has 0 fully saturated rings. The van der Waals surface area contributed by atoms with Crippen LogP contribution in [0.2, 0.25) is 0 Å². The van der Waals surface area contributed by atoms with Crippen molar-refractivity contribution >= 4 is 23.4 Å². The van der Waals surface area contributed by atoms with Crippen molar-refractivity contribution in [3.8, 4) is 22.8 Å². The number of ether oxygens (including phenoxy) is 1. The summed E-state index contributed by atoms with van der Waals surface area (Å²) < 4.78 is 44.5. The molecule has 28 heavy (non-hydrogen) atoms. The molecule has 0 amide bonds. The fourth-order valence-electron chi connectivity index (χ4n) is 2.71. The van der Waals surface area contributed by atoms with E-state index in [9.17, 15) is 18.0 Å². The van der Waals surface area contributed by atoms with Crippen molar-refractivity contribution in [2.45, 2.75) is 6.18 Å². The molecule has 0 aliphatic carbocycles. The summed E-state index contributed by atoms with van der Waals surface area (Å²) in [7, 11) is 0. The number of hydrogen-bond acceptors (Lipinski definition) is 4. The van der Waals surface area contributed by atoms with Gasteiger partial charge in [0, 0.05) is 24.2 Å². The van der Waals surface area contributed by atoms with Crippen LogP contribution in [0.4, 0.5) is 13.2 Å². The maximum absolute atomic E-state index is 12.9. The summed E-state index contributed by atoms with van der Waals surface area (Å²) in [5, 5.41) is 0.525. The highest BCUT2D eigenvalue weighted by Crippen LogP contribution is 2.37. The summed E-state index contributed by atoms with van der Waals surface area (Å²) in [6.45, 7) is 0. The number of hydrogen-bond donors (Lipinski definition) is 2. The van der Waals surface area contributed by atoms with E-state index in [4.69, 9.17) is 4.74 Å². The molecule has 10 heteroatoms. The lowest BCUT2D eigenvalue weighted by atomic mass is 10.1. The van der Waals surface area contributed by atoms with Gasteiger partial charge in [0.25, 0.3) is 0 Å². The van der Waals surface area contributed by atoms with Crippen molar-refractivity contribution in [1.29, 1.82) is 0 Å². The number of pyridine rings is 1. The molecule has 2 N–H and O–H groups in total. The van der Waals surface area contributed by atoms with Crippen LogP contribution in [0, 0.1) is 0 Å². The van der Waals surface area contributed by atoms with Crippen LogP contribution in [-0.4, -0.2) is 19.9 Å². The third kappa shape index (κ3) is 3.70. The first kappa shape index (κ1) is 19.4. The minimum absolute atomic E-state index is 0. The molecule has 4 rings (SSSR count). The smallest absolute Gasteiger partial charge is 0.416 e. The number of H-pyrrole nitrogens is 2. The average molecular weight is 409 g/mol. The van der Waals surface area contributed by atoms with Gasteiger partial charge in [-0.05, 0) is 30.3 Å². The predicted octanol–water partition coefficient (Wildman–Crippen LogP) is 4.55. The normalized spacial score (nSPS) is 11.2. The zero-order valence-corrected chi connectivity index (χ0v) is 14.8. The molecule has 0 aliphatic rings. The number of alkyl halides is 3. The number of rotatable bonds is 3. The molecule has 0 aliphatic heterocycles. The van der Waals surface area contributed by atoms with E-state index < -0.39 is 17.4 Å². The Morgan fingerprint density at radius 1 is 1.04 bits per heavy atom. The second-order valence-electron chi connectivity index (χ2n) is 5.65. The van der Waals surface area contributed by atoms with Crippen LogP contribution in [0.1, 0.15) is 5.56 Å². The molecule has 3 aromatic heterocycles. The number of aromatic amines is 2. The Kier molecular flexibility index (Phi) is 5.10. The zero-order chi connectivity index (χ0) is 19.0. The quantitative estimate of drug-likeness (QED) is 0.521. The summed E-state index contributed by atoms with van der Waals surface area (Å²) >= 11 is 0. The second kappa shape index (κ2) is 7.35. The Labute approximate surface area is 161 Å². The first-order valence-corrected chi connectivity index (χ1v) is 7.79. The molecule has 0 saturated heterocycles. The van der Waals surface area contributed by atoms with E-state index in [1.807, 2.05) is 0 Å². The number of fused-ring (bicyclic) bond motifs is 1. The molecule has 144 valence electrons. The lowest BCUT2D eigenvalue weighted by Gasteiger charge is -2.11. The minimum atomic E-state index is -4.47.